The van der Waals surface area contributed by atoms with Gasteiger partial charge in [-0.3, -0.25) is 18.6 Å². The van der Waals surface area contributed by atoms with Gasteiger partial charge in [-0.1, -0.05) is 85.6 Å². The molecule has 3 unspecified atom stereocenters. The molecule has 0 radical (unpaired) electrons. The standard InChI is InChI=1S/C26H35NO6S.C13H18O2/c1-20(28)22(24(32-2)19-18-21-12-6-4-7-13-21)14-8-5-9-17-26(29)27-23-15-10-11-16-25(23)34(30,31)33-3;1-11(14)10-13(15-2)9-8-12-6-4-3-5-7-12/h4,6-7,10-13,15-16,22,24H,5,8-9,14,17-19H2,1-3H3,(H,27,29);3-7,13H,8-10H2,1-2H3. The predicted molar refractivity (Wildman–Crippen MR) is 193 cm³/mol. The topological polar surface area (TPSA) is 125 Å². The lowest BCUT2D eigenvalue weighted by atomic mass is 9.88. The molecular weight excluding hydrogens is 642 g/mol. The van der Waals surface area contributed by atoms with Crippen molar-refractivity contribution in [3.05, 3.63) is 96.1 Å². The minimum atomic E-state index is -3.91. The summed E-state index contributed by atoms with van der Waals surface area (Å²) in [6, 6.07) is 26.5. The number of hydrogen-bond donors (Lipinski definition) is 1. The van der Waals surface area contributed by atoms with Gasteiger partial charge in [-0.05, 0) is 75.6 Å². The van der Waals surface area contributed by atoms with Gasteiger partial charge in [0.1, 0.15) is 16.5 Å². The van der Waals surface area contributed by atoms with Crippen LogP contribution in [-0.4, -0.2) is 59.4 Å². The molecule has 0 aromatic heterocycles. The number of rotatable bonds is 21. The monoisotopic (exact) mass is 695 g/mol. The average Bonchev–Trinajstić information content (AvgIpc) is 3.10. The van der Waals surface area contributed by atoms with Crippen LogP contribution in [0, 0.1) is 5.92 Å². The molecule has 1 N–H and O–H groups in total. The normalized spacial score (nSPS) is 13.0. The molecular formula is C39H53NO8S. The summed E-state index contributed by atoms with van der Waals surface area (Å²) in [5, 5.41) is 2.66. The quantitative estimate of drug-likeness (QED) is 0.0905. The maximum absolute atomic E-state index is 12.3. The van der Waals surface area contributed by atoms with Crippen molar-refractivity contribution in [1.29, 1.82) is 0 Å². The van der Waals surface area contributed by atoms with Crippen molar-refractivity contribution in [1.82, 2.24) is 0 Å². The van der Waals surface area contributed by atoms with Crippen LogP contribution in [0.2, 0.25) is 0 Å². The first kappa shape index (κ1) is 41.5. The van der Waals surface area contributed by atoms with Gasteiger partial charge in [0, 0.05) is 33.0 Å². The highest BCUT2D eigenvalue weighted by Gasteiger charge is 2.25. The van der Waals surface area contributed by atoms with Crippen molar-refractivity contribution in [3.63, 3.8) is 0 Å². The van der Waals surface area contributed by atoms with E-state index in [4.69, 9.17) is 9.47 Å². The van der Waals surface area contributed by atoms with Gasteiger partial charge < -0.3 is 14.8 Å². The van der Waals surface area contributed by atoms with E-state index in [1.54, 1.807) is 40.2 Å². The number of Topliss-reactive ketones (excluding diaryl/α,β-unsaturated/α-hetero) is 2. The van der Waals surface area contributed by atoms with Crippen LogP contribution >= 0.6 is 0 Å². The highest BCUT2D eigenvalue weighted by molar-refractivity contribution is 7.87. The molecule has 0 spiro atoms. The molecule has 0 aliphatic carbocycles. The minimum absolute atomic E-state index is 0.0581. The lowest BCUT2D eigenvalue weighted by Crippen LogP contribution is -2.29. The van der Waals surface area contributed by atoms with Gasteiger partial charge in [-0.25, -0.2) is 0 Å². The zero-order valence-corrected chi connectivity index (χ0v) is 30.4. The van der Waals surface area contributed by atoms with Crippen LogP contribution in [0.5, 0.6) is 0 Å². The molecule has 9 nitrogen and oxygen atoms in total. The number of benzene rings is 3. The Kier molecular flexibility index (Phi) is 19.3. The van der Waals surface area contributed by atoms with Gasteiger partial charge in [0.2, 0.25) is 5.91 Å². The summed E-state index contributed by atoms with van der Waals surface area (Å²) in [4.78, 5) is 35.5. The lowest BCUT2D eigenvalue weighted by Gasteiger charge is -2.24. The number of nitrogens with one attached hydrogen (secondary N) is 1. The van der Waals surface area contributed by atoms with E-state index in [9.17, 15) is 22.8 Å². The molecule has 3 aromatic carbocycles. The van der Waals surface area contributed by atoms with Crippen molar-refractivity contribution >= 4 is 33.3 Å². The number of ketones is 2. The minimum Gasteiger partial charge on any atom is -0.381 e. The van der Waals surface area contributed by atoms with Crippen molar-refractivity contribution < 1.29 is 36.5 Å². The average molecular weight is 696 g/mol. The van der Waals surface area contributed by atoms with Gasteiger partial charge in [0.25, 0.3) is 10.1 Å². The first-order valence-corrected chi connectivity index (χ1v) is 18.2. The lowest BCUT2D eigenvalue weighted by molar-refractivity contribution is -0.126. The molecule has 0 saturated heterocycles. The molecule has 3 aromatic rings. The summed E-state index contributed by atoms with van der Waals surface area (Å²) in [5.74, 6) is -0.128. The van der Waals surface area contributed by atoms with Crippen LogP contribution in [-0.2, 0) is 51.0 Å². The predicted octanol–water partition coefficient (Wildman–Crippen LogP) is 7.38. The number of hydrogen-bond acceptors (Lipinski definition) is 8. The van der Waals surface area contributed by atoms with Gasteiger partial charge >= 0.3 is 0 Å². The number of unbranched alkanes of at least 4 members (excludes halogenated alkanes) is 2. The van der Waals surface area contributed by atoms with E-state index in [1.165, 1.54) is 23.3 Å². The van der Waals surface area contributed by atoms with E-state index >= 15 is 0 Å². The molecule has 49 heavy (non-hydrogen) atoms. The Morgan fingerprint density at radius 1 is 0.694 bits per heavy atom. The van der Waals surface area contributed by atoms with Crippen LogP contribution in [0.4, 0.5) is 5.69 Å². The van der Waals surface area contributed by atoms with E-state index in [0.717, 1.165) is 45.6 Å². The Labute approximate surface area is 292 Å². The molecule has 0 saturated carbocycles. The third-order valence-corrected chi connectivity index (χ3v) is 9.68. The fourth-order valence-electron chi connectivity index (χ4n) is 5.60. The van der Waals surface area contributed by atoms with Crippen molar-refractivity contribution in [2.75, 3.05) is 26.6 Å². The molecule has 0 bridgehead atoms. The first-order valence-electron chi connectivity index (χ1n) is 16.8. The van der Waals surface area contributed by atoms with Gasteiger partial charge in [0.15, 0.2) is 0 Å². The maximum Gasteiger partial charge on any atom is 0.298 e. The summed E-state index contributed by atoms with van der Waals surface area (Å²) < 4.78 is 39.5. The summed E-state index contributed by atoms with van der Waals surface area (Å²) in [5.41, 5.74) is 2.72. The summed E-state index contributed by atoms with van der Waals surface area (Å²) in [6.07, 6.45) is 7.12. The molecule has 0 aliphatic rings. The molecule has 268 valence electrons. The Morgan fingerprint density at radius 2 is 1.27 bits per heavy atom. The number of methoxy groups -OCH3 is 2. The van der Waals surface area contributed by atoms with Crippen LogP contribution in [0.1, 0.15) is 76.3 Å². The number of para-hydroxylation sites is 1. The van der Waals surface area contributed by atoms with E-state index < -0.39 is 10.1 Å². The van der Waals surface area contributed by atoms with Crippen molar-refractivity contribution in [3.8, 4) is 0 Å². The summed E-state index contributed by atoms with van der Waals surface area (Å²) >= 11 is 0. The highest BCUT2D eigenvalue weighted by atomic mass is 32.2. The van der Waals surface area contributed by atoms with Gasteiger partial charge in [-0.2, -0.15) is 8.42 Å². The Morgan fingerprint density at radius 3 is 1.80 bits per heavy atom. The molecule has 1 amide bonds. The smallest absolute Gasteiger partial charge is 0.298 e. The summed E-state index contributed by atoms with van der Waals surface area (Å²) in [6.45, 7) is 3.21. The SMILES string of the molecule is COC(CCc1ccccc1)C(CCCCCC(=O)Nc1ccccc1S(=O)(=O)OC)C(C)=O.COC(CCc1ccccc1)CC(C)=O. The largest absolute Gasteiger partial charge is 0.381 e. The second kappa shape index (κ2) is 22.8. The van der Waals surface area contributed by atoms with Crippen LogP contribution in [0.25, 0.3) is 0 Å². The van der Waals surface area contributed by atoms with Crippen LogP contribution in [0.3, 0.4) is 0 Å². The van der Waals surface area contributed by atoms with E-state index in [2.05, 4.69) is 33.8 Å². The first-order chi connectivity index (χ1) is 23.5. The van der Waals surface area contributed by atoms with Crippen molar-refractivity contribution in [2.24, 2.45) is 5.92 Å². The number of amides is 1. The fourth-order valence-corrected chi connectivity index (χ4v) is 6.41. The molecule has 0 fully saturated rings. The number of aryl methyl sites for hydroxylation is 2. The molecule has 10 heteroatoms. The van der Waals surface area contributed by atoms with E-state index in [-0.39, 0.29) is 52.6 Å². The number of anilines is 1. The van der Waals surface area contributed by atoms with Crippen molar-refractivity contribution in [2.45, 2.75) is 95.2 Å². The maximum atomic E-state index is 12.3. The zero-order valence-electron chi connectivity index (χ0n) is 29.6. The third-order valence-electron chi connectivity index (χ3n) is 8.35. The zero-order chi connectivity index (χ0) is 36.1. The van der Waals surface area contributed by atoms with Gasteiger partial charge in [0.05, 0.1) is 25.0 Å². The fraction of sp³-hybridized carbons (Fsp3) is 0.462. The van der Waals surface area contributed by atoms with Gasteiger partial charge in [-0.15, -0.1) is 0 Å². The Hall–Kier alpha value is -3.70. The second-order valence-electron chi connectivity index (χ2n) is 12.1. The molecule has 0 aliphatic heterocycles. The molecule has 0 heterocycles. The molecule has 3 atom stereocenters. The number of ether oxygens (including phenoxy) is 2. The third kappa shape index (κ3) is 16.0. The summed E-state index contributed by atoms with van der Waals surface area (Å²) in [7, 11) is 0.484. The Balaban J connectivity index is 0.000000462. The highest BCUT2D eigenvalue weighted by Crippen LogP contribution is 2.24. The van der Waals surface area contributed by atoms with E-state index in [1.807, 2.05) is 36.4 Å². The van der Waals surface area contributed by atoms with Crippen LogP contribution in [0.15, 0.2) is 89.8 Å². The van der Waals surface area contributed by atoms with Crippen LogP contribution < -0.4 is 5.32 Å². The number of carbonyl (C=O) groups excluding carboxylic acids is 3. The molecule has 3 rings (SSSR count). The Bertz CT molecular complexity index is 1510. The van der Waals surface area contributed by atoms with E-state index in [0.29, 0.717) is 19.3 Å². The number of carbonyl (C=O) groups is 3. The second-order valence-corrected chi connectivity index (χ2v) is 13.7.